The molecule has 1 aliphatic carbocycles. The zero-order chi connectivity index (χ0) is 24.0. The molecule has 2 aromatic carbocycles. The maximum absolute atomic E-state index is 14.7. The molecule has 2 heterocycles. The van der Waals surface area contributed by atoms with Crippen LogP contribution in [0.1, 0.15) is 12.5 Å². The van der Waals surface area contributed by atoms with Gasteiger partial charge in [0, 0.05) is 37.7 Å². The number of aromatic nitrogens is 2. The normalized spacial score (nSPS) is 21.4. The van der Waals surface area contributed by atoms with Gasteiger partial charge in [-0.3, -0.25) is 0 Å². The molecule has 1 unspecified atom stereocenters. The Morgan fingerprint density at radius 3 is 2.12 bits per heavy atom. The molecule has 1 aliphatic heterocycles. The minimum atomic E-state index is -3.34. The quantitative estimate of drug-likeness (QED) is 0.501. The summed E-state index contributed by atoms with van der Waals surface area (Å²) < 4.78 is 58.2. The van der Waals surface area contributed by atoms with Crippen LogP contribution in [0.2, 0.25) is 0 Å². The fourth-order valence-electron chi connectivity index (χ4n) is 4.69. The van der Waals surface area contributed by atoms with E-state index in [-0.39, 0.29) is 23.2 Å². The number of piperidine rings is 1. The summed E-state index contributed by atoms with van der Waals surface area (Å²) in [6.07, 6.45) is 5.70. The Balaban J connectivity index is 1.20. The molecule has 6 nitrogen and oxygen atoms in total. The van der Waals surface area contributed by atoms with Gasteiger partial charge >= 0.3 is 0 Å². The van der Waals surface area contributed by atoms with E-state index in [0.29, 0.717) is 23.0 Å². The lowest BCUT2D eigenvalue weighted by atomic mass is 10.1. The fourth-order valence-corrected chi connectivity index (χ4v) is 5.32. The number of rotatable bonds is 7. The predicted octanol–water partition coefficient (Wildman–Crippen LogP) is 4.15. The van der Waals surface area contributed by atoms with Crippen molar-refractivity contribution in [2.45, 2.75) is 18.2 Å². The lowest BCUT2D eigenvalue weighted by Gasteiger charge is -2.20. The van der Waals surface area contributed by atoms with Crippen molar-refractivity contribution >= 4 is 15.8 Å². The zero-order valence-corrected chi connectivity index (χ0v) is 19.7. The van der Waals surface area contributed by atoms with Crippen LogP contribution in [0.4, 0.5) is 14.7 Å². The summed E-state index contributed by atoms with van der Waals surface area (Å²) in [5, 5.41) is 0. The van der Waals surface area contributed by atoms with Gasteiger partial charge in [-0.05, 0) is 59.2 Å². The van der Waals surface area contributed by atoms with Gasteiger partial charge in [-0.15, -0.1) is 0 Å². The van der Waals surface area contributed by atoms with Gasteiger partial charge in [0.25, 0.3) is 0 Å². The van der Waals surface area contributed by atoms with Crippen LogP contribution in [0, 0.1) is 29.4 Å². The molecule has 2 fully saturated rings. The number of ether oxygens (including phenoxy) is 1. The first-order chi connectivity index (χ1) is 16.2. The number of fused-ring (bicyclic) bond motifs is 1. The number of hydrogen-bond acceptors (Lipinski definition) is 6. The molecule has 0 N–H and O–H groups in total. The second kappa shape index (κ2) is 8.61. The Labute approximate surface area is 197 Å². The van der Waals surface area contributed by atoms with Crippen molar-refractivity contribution in [3.63, 3.8) is 0 Å². The molecule has 0 bridgehead atoms. The number of hydrogen-bond donors (Lipinski definition) is 0. The Kier molecular flexibility index (Phi) is 5.75. The number of aryl methyl sites for hydroxylation is 1. The molecule has 1 saturated carbocycles. The summed E-state index contributed by atoms with van der Waals surface area (Å²) in [6, 6.07) is 8.32. The SMILES string of the molecule is CCc1cnc(N2C[C@@H]3C(COc4c(F)cc(-c5ccc(S(C)(=O)=O)cc5)cc4F)[C@@H]3C2)nc1. The predicted molar refractivity (Wildman–Crippen MR) is 124 cm³/mol. The van der Waals surface area contributed by atoms with E-state index in [2.05, 4.69) is 21.8 Å². The molecule has 0 spiro atoms. The number of anilines is 1. The number of halogens is 2. The minimum absolute atomic E-state index is 0.148. The van der Waals surface area contributed by atoms with Gasteiger partial charge < -0.3 is 9.64 Å². The van der Waals surface area contributed by atoms with Gasteiger partial charge in [0.15, 0.2) is 27.2 Å². The molecular formula is C25H25F2N3O3S. The molecule has 1 aromatic heterocycles. The van der Waals surface area contributed by atoms with Crippen molar-refractivity contribution in [1.82, 2.24) is 9.97 Å². The van der Waals surface area contributed by atoms with Gasteiger partial charge in [0.1, 0.15) is 0 Å². The summed E-state index contributed by atoms with van der Waals surface area (Å²) in [5.74, 6) is -0.134. The van der Waals surface area contributed by atoms with Crippen LogP contribution in [0.5, 0.6) is 5.75 Å². The molecule has 3 atom stereocenters. The Morgan fingerprint density at radius 1 is 1.00 bits per heavy atom. The highest BCUT2D eigenvalue weighted by Crippen LogP contribution is 2.52. The molecule has 0 amide bonds. The van der Waals surface area contributed by atoms with Crippen LogP contribution in [-0.2, 0) is 16.3 Å². The average Bonchev–Trinajstić information content (AvgIpc) is 3.26. The van der Waals surface area contributed by atoms with Crippen LogP contribution >= 0.6 is 0 Å². The topological polar surface area (TPSA) is 72.4 Å². The summed E-state index contributed by atoms with van der Waals surface area (Å²) in [7, 11) is -3.34. The van der Waals surface area contributed by atoms with Gasteiger partial charge in [0.2, 0.25) is 5.95 Å². The van der Waals surface area contributed by atoms with Gasteiger partial charge in [-0.1, -0.05) is 19.1 Å². The largest absolute Gasteiger partial charge is 0.487 e. The van der Waals surface area contributed by atoms with E-state index in [4.69, 9.17) is 4.74 Å². The van der Waals surface area contributed by atoms with Crippen LogP contribution in [0.25, 0.3) is 11.1 Å². The number of nitrogens with zero attached hydrogens (tertiary/aromatic N) is 3. The molecule has 2 aliphatic rings. The molecule has 0 radical (unpaired) electrons. The zero-order valence-electron chi connectivity index (χ0n) is 18.9. The number of sulfone groups is 1. The highest BCUT2D eigenvalue weighted by Gasteiger charge is 2.56. The molecule has 34 heavy (non-hydrogen) atoms. The summed E-state index contributed by atoms with van der Waals surface area (Å²) >= 11 is 0. The van der Waals surface area contributed by atoms with Crippen molar-refractivity contribution in [3.8, 4) is 16.9 Å². The third-order valence-electron chi connectivity index (χ3n) is 6.79. The van der Waals surface area contributed by atoms with Crippen molar-refractivity contribution in [3.05, 3.63) is 66.0 Å². The van der Waals surface area contributed by atoms with E-state index in [9.17, 15) is 17.2 Å². The van der Waals surface area contributed by atoms with E-state index in [1.807, 2.05) is 12.4 Å². The van der Waals surface area contributed by atoms with Gasteiger partial charge in [-0.25, -0.2) is 27.2 Å². The third kappa shape index (κ3) is 4.36. The fraction of sp³-hybridized carbons (Fsp3) is 0.360. The van der Waals surface area contributed by atoms with E-state index in [1.165, 1.54) is 36.4 Å². The molecule has 178 valence electrons. The standard InChI is InChI=1S/C25H25F2N3O3S/c1-3-15-10-28-25(29-11-15)30-12-19-20(13-30)21(19)14-33-24-22(26)8-17(9-23(24)27)16-4-6-18(7-5-16)34(2,31)32/h4-11,19-21H,3,12-14H2,1-2H3/t19-,20+,21?. The molecule has 9 heteroatoms. The lowest BCUT2D eigenvalue weighted by Crippen LogP contribution is -2.27. The Hall–Kier alpha value is -3.07. The monoisotopic (exact) mass is 485 g/mol. The third-order valence-corrected chi connectivity index (χ3v) is 7.92. The van der Waals surface area contributed by atoms with E-state index in [0.717, 1.165) is 37.3 Å². The summed E-state index contributed by atoms with van der Waals surface area (Å²) in [6.45, 7) is 3.95. The van der Waals surface area contributed by atoms with Crippen LogP contribution in [-0.4, -0.2) is 44.3 Å². The molecule has 3 aromatic rings. The highest BCUT2D eigenvalue weighted by molar-refractivity contribution is 7.90. The first kappa shape index (κ1) is 22.7. The maximum Gasteiger partial charge on any atom is 0.225 e. The van der Waals surface area contributed by atoms with Gasteiger partial charge in [0.05, 0.1) is 11.5 Å². The van der Waals surface area contributed by atoms with E-state index < -0.39 is 21.5 Å². The van der Waals surface area contributed by atoms with Crippen molar-refractivity contribution in [2.24, 2.45) is 17.8 Å². The van der Waals surface area contributed by atoms with Crippen molar-refractivity contribution in [1.29, 1.82) is 0 Å². The number of benzene rings is 2. The Morgan fingerprint density at radius 2 is 1.59 bits per heavy atom. The minimum Gasteiger partial charge on any atom is -0.487 e. The molecular weight excluding hydrogens is 460 g/mol. The van der Waals surface area contributed by atoms with Crippen molar-refractivity contribution < 1.29 is 21.9 Å². The highest BCUT2D eigenvalue weighted by atomic mass is 32.2. The lowest BCUT2D eigenvalue weighted by molar-refractivity contribution is 0.257. The molecule has 5 rings (SSSR count). The smallest absolute Gasteiger partial charge is 0.225 e. The van der Waals surface area contributed by atoms with E-state index >= 15 is 0 Å². The van der Waals surface area contributed by atoms with Crippen molar-refractivity contribution in [2.75, 3.05) is 30.9 Å². The van der Waals surface area contributed by atoms with Gasteiger partial charge in [-0.2, -0.15) is 0 Å². The summed E-state index contributed by atoms with van der Waals surface area (Å²) in [4.78, 5) is 11.2. The average molecular weight is 486 g/mol. The van der Waals surface area contributed by atoms with Crippen LogP contribution < -0.4 is 9.64 Å². The summed E-state index contributed by atoms with van der Waals surface area (Å²) in [5.41, 5.74) is 1.93. The first-order valence-corrected chi connectivity index (χ1v) is 13.1. The van der Waals surface area contributed by atoms with Crippen LogP contribution in [0.3, 0.4) is 0 Å². The van der Waals surface area contributed by atoms with E-state index in [1.54, 1.807) is 0 Å². The van der Waals surface area contributed by atoms with Crippen LogP contribution in [0.15, 0.2) is 53.7 Å². The molecule has 1 saturated heterocycles. The first-order valence-electron chi connectivity index (χ1n) is 11.2. The second-order valence-corrected chi connectivity index (χ2v) is 11.0. The maximum atomic E-state index is 14.7. The Bertz CT molecular complexity index is 1280. The second-order valence-electron chi connectivity index (χ2n) is 9.02.